The number of hydrogen-bond acceptors (Lipinski definition) is 3. The van der Waals surface area contributed by atoms with Crippen molar-refractivity contribution in [3.05, 3.63) is 30.1 Å². The average molecular weight is 338 g/mol. The predicted octanol–water partition coefficient (Wildman–Crippen LogP) is 2.79. The molecule has 0 bridgehead atoms. The number of nitrogens with one attached hydrogen (secondary N) is 1. The molecule has 1 aliphatic rings. The number of ether oxygens (including phenoxy) is 1. The highest BCUT2D eigenvalue weighted by Crippen LogP contribution is 2.29. The van der Waals surface area contributed by atoms with Crippen molar-refractivity contribution in [2.45, 2.75) is 39.2 Å². The van der Waals surface area contributed by atoms with Crippen molar-refractivity contribution >= 4 is 6.03 Å². The highest BCUT2D eigenvalue weighted by molar-refractivity contribution is 5.74. The summed E-state index contributed by atoms with van der Waals surface area (Å²) >= 11 is 0. The van der Waals surface area contributed by atoms with E-state index in [0.717, 1.165) is 12.8 Å². The molecule has 0 aromatic heterocycles. The van der Waals surface area contributed by atoms with Crippen LogP contribution < -0.4 is 10.1 Å². The molecule has 0 radical (unpaired) electrons. The Morgan fingerprint density at radius 3 is 2.75 bits per heavy atom. The number of likely N-dealkylation sites (tertiary alicyclic amines) is 1. The van der Waals surface area contributed by atoms with Gasteiger partial charge in [-0.05, 0) is 36.8 Å². The molecule has 134 valence electrons. The average Bonchev–Trinajstić information content (AvgIpc) is 2.59. The van der Waals surface area contributed by atoms with E-state index in [1.54, 1.807) is 17.0 Å². The third kappa shape index (κ3) is 5.09. The molecule has 0 saturated carbocycles. The molecular formula is C18H27FN2O3. The van der Waals surface area contributed by atoms with Gasteiger partial charge >= 0.3 is 6.03 Å². The number of piperidine rings is 1. The Balaban J connectivity index is 1.79. The van der Waals surface area contributed by atoms with Gasteiger partial charge in [0, 0.05) is 25.8 Å². The largest absolute Gasteiger partial charge is 0.489 e. The fourth-order valence-electron chi connectivity index (χ4n) is 2.72. The van der Waals surface area contributed by atoms with Gasteiger partial charge in [-0.15, -0.1) is 0 Å². The molecule has 0 aliphatic carbocycles. The number of urea groups is 1. The number of aliphatic hydroxyl groups is 1. The van der Waals surface area contributed by atoms with Crippen LogP contribution in [0.5, 0.6) is 5.75 Å². The summed E-state index contributed by atoms with van der Waals surface area (Å²) in [6.45, 7) is 5.82. The molecule has 1 atom stereocenters. The van der Waals surface area contributed by atoms with Crippen molar-refractivity contribution < 1.29 is 19.0 Å². The van der Waals surface area contributed by atoms with Crippen LogP contribution in [0.15, 0.2) is 24.3 Å². The Morgan fingerprint density at radius 1 is 1.46 bits per heavy atom. The van der Waals surface area contributed by atoms with E-state index >= 15 is 0 Å². The lowest BCUT2D eigenvalue weighted by molar-refractivity contribution is 0.0692. The van der Waals surface area contributed by atoms with Gasteiger partial charge < -0.3 is 20.1 Å². The van der Waals surface area contributed by atoms with Crippen LogP contribution in [0, 0.1) is 11.2 Å². The monoisotopic (exact) mass is 338 g/mol. The minimum atomic E-state index is -0.341. The van der Waals surface area contributed by atoms with E-state index in [-0.39, 0.29) is 30.0 Å². The summed E-state index contributed by atoms with van der Waals surface area (Å²) < 4.78 is 18.9. The van der Waals surface area contributed by atoms with E-state index < -0.39 is 0 Å². The molecule has 0 spiro atoms. The standard InChI is InChI=1S/C18H27FN2O3/c1-3-15(24-16-6-4-5-14(19)11-16)12-20-17(23)21-9-7-18(2,13-22)8-10-21/h4-6,11,15,22H,3,7-10,12-13H2,1-2H3,(H,20,23). The van der Waals surface area contributed by atoms with Crippen LogP contribution in [0.1, 0.15) is 33.1 Å². The van der Waals surface area contributed by atoms with Gasteiger partial charge in [-0.1, -0.05) is 19.9 Å². The van der Waals surface area contributed by atoms with Crippen LogP contribution in [0.4, 0.5) is 9.18 Å². The molecular weight excluding hydrogens is 311 g/mol. The first-order valence-electron chi connectivity index (χ1n) is 8.51. The molecule has 1 aliphatic heterocycles. The van der Waals surface area contributed by atoms with Gasteiger partial charge in [0.25, 0.3) is 0 Å². The third-order valence-corrected chi connectivity index (χ3v) is 4.67. The van der Waals surface area contributed by atoms with Gasteiger partial charge in [0.15, 0.2) is 0 Å². The van der Waals surface area contributed by atoms with E-state index in [2.05, 4.69) is 5.32 Å². The second-order valence-corrected chi connectivity index (χ2v) is 6.75. The molecule has 5 nitrogen and oxygen atoms in total. The second kappa shape index (κ2) is 8.33. The van der Waals surface area contributed by atoms with E-state index in [0.29, 0.717) is 31.8 Å². The predicted molar refractivity (Wildman–Crippen MR) is 90.5 cm³/mol. The Labute approximate surface area is 142 Å². The number of hydrogen-bond donors (Lipinski definition) is 2. The van der Waals surface area contributed by atoms with E-state index in [1.165, 1.54) is 12.1 Å². The zero-order valence-corrected chi connectivity index (χ0v) is 14.4. The topological polar surface area (TPSA) is 61.8 Å². The lowest BCUT2D eigenvalue weighted by Crippen LogP contribution is -2.49. The van der Waals surface area contributed by atoms with Crippen molar-refractivity contribution in [2.24, 2.45) is 5.41 Å². The molecule has 1 aromatic rings. The van der Waals surface area contributed by atoms with Crippen LogP contribution in [0.3, 0.4) is 0 Å². The minimum absolute atomic E-state index is 0.0801. The molecule has 6 heteroatoms. The second-order valence-electron chi connectivity index (χ2n) is 6.75. The number of halogens is 1. The lowest BCUT2D eigenvalue weighted by Gasteiger charge is -2.38. The van der Waals surface area contributed by atoms with Crippen LogP contribution in [0.2, 0.25) is 0 Å². The fourth-order valence-corrected chi connectivity index (χ4v) is 2.72. The summed E-state index contributed by atoms with van der Waals surface area (Å²) in [4.78, 5) is 14.0. The summed E-state index contributed by atoms with van der Waals surface area (Å²) in [5.41, 5.74) is -0.0801. The zero-order valence-electron chi connectivity index (χ0n) is 14.4. The molecule has 1 saturated heterocycles. The van der Waals surface area contributed by atoms with Gasteiger partial charge in [-0.25, -0.2) is 9.18 Å². The normalized spacial score (nSPS) is 18.1. The fraction of sp³-hybridized carbons (Fsp3) is 0.611. The van der Waals surface area contributed by atoms with Gasteiger partial charge in [0.05, 0.1) is 6.54 Å². The minimum Gasteiger partial charge on any atom is -0.489 e. The van der Waals surface area contributed by atoms with Crippen LogP contribution >= 0.6 is 0 Å². The van der Waals surface area contributed by atoms with Gasteiger partial charge in [-0.2, -0.15) is 0 Å². The van der Waals surface area contributed by atoms with Gasteiger partial charge in [-0.3, -0.25) is 0 Å². The first-order chi connectivity index (χ1) is 11.5. The molecule has 2 amide bonds. The van der Waals surface area contributed by atoms with E-state index in [9.17, 15) is 14.3 Å². The Hall–Kier alpha value is -1.82. The summed E-state index contributed by atoms with van der Waals surface area (Å²) in [5.74, 6) is 0.124. The number of amides is 2. The van der Waals surface area contributed by atoms with Gasteiger partial charge in [0.2, 0.25) is 0 Å². The van der Waals surface area contributed by atoms with Crippen molar-refractivity contribution in [3.63, 3.8) is 0 Å². The number of rotatable bonds is 6. The first kappa shape index (κ1) is 18.5. The van der Waals surface area contributed by atoms with E-state index in [4.69, 9.17) is 4.74 Å². The summed E-state index contributed by atoms with van der Waals surface area (Å²) in [5, 5.41) is 12.3. The summed E-state index contributed by atoms with van der Waals surface area (Å²) in [6.07, 6.45) is 2.10. The van der Waals surface area contributed by atoms with Crippen LogP contribution in [-0.2, 0) is 0 Å². The van der Waals surface area contributed by atoms with Gasteiger partial charge in [0.1, 0.15) is 17.7 Å². The maximum Gasteiger partial charge on any atom is 0.317 e. The first-order valence-corrected chi connectivity index (χ1v) is 8.51. The molecule has 1 aromatic carbocycles. The maximum absolute atomic E-state index is 13.2. The van der Waals surface area contributed by atoms with E-state index in [1.807, 2.05) is 13.8 Å². The van der Waals surface area contributed by atoms with Crippen LogP contribution in [0.25, 0.3) is 0 Å². The SMILES string of the molecule is CCC(CNC(=O)N1CCC(C)(CO)CC1)Oc1cccc(F)c1. The number of carbonyl (C=O) groups is 1. The quantitative estimate of drug-likeness (QED) is 0.838. The molecule has 1 unspecified atom stereocenters. The number of nitrogens with zero attached hydrogens (tertiary/aromatic N) is 1. The van der Waals surface area contributed by atoms with Crippen molar-refractivity contribution in [1.82, 2.24) is 10.2 Å². The molecule has 24 heavy (non-hydrogen) atoms. The highest BCUT2D eigenvalue weighted by Gasteiger charge is 2.31. The van der Waals surface area contributed by atoms with Crippen LogP contribution in [-0.4, -0.2) is 48.4 Å². The highest BCUT2D eigenvalue weighted by atomic mass is 19.1. The molecule has 2 N–H and O–H groups in total. The van der Waals surface area contributed by atoms with Crippen molar-refractivity contribution in [1.29, 1.82) is 0 Å². The zero-order chi connectivity index (χ0) is 17.6. The summed E-state index contributed by atoms with van der Waals surface area (Å²) in [7, 11) is 0. The molecule has 2 rings (SSSR count). The lowest BCUT2D eigenvalue weighted by atomic mass is 9.81. The summed E-state index contributed by atoms with van der Waals surface area (Å²) in [6, 6.07) is 5.89. The number of aliphatic hydroxyl groups excluding tert-OH is 1. The van der Waals surface area contributed by atoms with Crippen molar-refractivity contribution in [2.75, 3.05) is 26.2 Å². The number of carbonyl (C=O) groups excluding carboxylic acids is 1. The number of benzene rings is 1. The van der Waals surface area contributed by atoms with Crippen molar-refractivity contribution in [3.8, 4) is 5.75 Å². The Kier molecular flexibility index (Phi) is 6.43. The maximum atomic E-state index is 13.2. The molecule has 1 heterocycles. The molecule has 1 fully saturated rings. The Bertz CT molecular complexity index is 545. The smallest absolute Gasteiger partial charge is 0.317 e. The third-order valence-electron chi connectivity index (χ3n) is 4.67. The Morgan fingerprint density at radius 2 is 2.17 bits per heavy atom.